The summed E-state index contributed by atoms with van der Waals surface area (Å²) < 4.78 is 20.0. The number of hydrogen-bond acceptors (Lipinski definition) is 7. The van der Waals surface area contributed by atoms with Gasteiger partial charge in [0.1, 0.15) is 6.61 Å². The molecule has 0 N–H and O–H groups in total. The van der Waals surface area contributed by atoms with Gasteiger partial charge in [-0.25, -0.2) is 9.79 Å². The molecule has 2 heterocycles. The predicted octanol–water partition coefficient (Wildman–Crippen LogP) is 7.30. The third-order valence-electron chi connectivity index (χ3n) is 7.93. The lowest BCUT2D eigenvalue weighted by molar-refractivity contribution is -0.138. The van der Waals surface area contributed by atoms with Crippen molar-refractivity contribution in [3.05, 3.63) is 168 Å². The number of thiazole rings is 1. The second-order valence-electron chi connectivity index (χ2n) is 11.2. The molecule has 1 atom stereocenters. The first-order valence-electron chi connectivity index (χ1n) is 16.0. The summed E-state index contributed by atoms with van der Waals surface area (Å²) in [5.74, 6) is 0.623. The Morgan fingerprint density at radius 1 is 0.939 bits per heavy atom. The summed E-state index contributed by atoms with van der Waals surface area (Å²) in [5, 5.41) is 0.619. The van der Waals surface area contributed by atoms with E-state index in [0.717, 1.165) is 27.8 Å². The van der Waals surface area contributed by atoms with Crippen LogP contribution in [0.25, 0.3) is 11.8 Å². The minimum atomic E-state index is -0.746. The molecule has 248 valence electrons. The first-order valence-corrected chi connectivity index (χ1v) is 17.2. The van der Waals surface area contributed by atoms with Crippen molar-refractivity contribution >= 4 is 40.7 Å². The number of halogens is 1. The Hall–Kier alpha value is -5.18. The highest BCUT2D eigenvalue weighted by molar-refractivity contribution is 7.07. The van der Waals surface area contributed by atoms with Crippen molar-refractivity contribution in [3.63, 3.8) is 0 Å². The molecule has 0 spiro atoms. The highest BCUT2D eigenvalue weighted by Gasteiger charge is 2.35. The number of fused-ring (bicyclic) bond motifs is 1. The summed E-state index contributed by atoms with van der Waals surface area (Å²) in [6.07, 6.45) is 4.14. The summed E-state index contributed by atoms with van der Waals surface area (Å²) in [6, 6.07) is 29.6. The zero-order chi connectivity index (χ0) is 34.3. The first-order chi connectivity index (χ1) is 23.9. The Morgan fingerprint density at radius 2 is 1.65 bits per heavy atom. The van der Waals surface area contributed by atoms with Gasteiger partial charge in [-0.15, -0.1) is 6.58 Å². The third-order valence-corrected chi connectivity index (χ3v) is 9.29. The van der Waals surface area contributed by atoms with E-state index in [1.54, 1.807) is 17.6 Å². The van der Waals surface area contributed by atoms with Crippen molar-refractivity contribution in [3.8, 4) is 11.5 Å². The molecule has 4 aromatic carbocycles. The molecule has 1 aromatic heterocycles. The van der Waals surface area contributed by atoms with Gasteiger partial charge in [-0.2, -0.15) is 0 Å². The summed E-state index contributed by atoms with van der Waals surface area (Å²) in [6.45, 7) is 8.47. The average Bonchev–Trinajstić information content (AvgIpc) is 3.42. The maximum atomic E-state index is 14.4. The van der Waals surface area contributed by atoms with E-state index in [2.05, 4.69) is 6.58 Å². The standard InChI is InChI=1S/C40H35ClN2O5S/c1-4-15-29-22-26(23-32(46-5-2)37(29)48-25-30-20-13-14-21-31(30)41)24-33-38(44)43-36(28-18-11-8-12-19-28)34(39(45)47-6-3)35(42-40(43)49-33)27-16-9-7-10-17-27/h4,7-14,16-24,36H,1,5-6,15,25H2,2-3H3/b33-24+/t36-/m0/s1. The Bertz CT molecular complexity index is 2210. The van der Waals surface area contributed by atoms with E-state index in [1.807, 2.05) is 110 Å². The summed E-state index contributed by atoms with van der Waals surface area (Å²) in [5.41, 5.74) is 4.50. The summed E-state index contributed by atoms with van der Waals surface area (Å²) in [4.78, 5) is 33.5. The zero-order valence-electron chi connectivity index (χ0n) is 27.2. The molecule has 6 rings (SSSR count). The lowest BCUT2D eigenvalue weighted by Gasteiger charge is -2.25. The Balaban J connectivity index is 1.52. The van der Waals surface area contributed by atoms with Crippen LogP contribution in [0.2, 0.25) is 5.02 Å². The van der Waals surface area contributed by atoms with Gasteiger partial charge in [0.15, 0.2) is 16.3 Å². The van der Waals surface area contributed by atoms with Gasteiger partial charge in [-0.05, 0) is 55.7 Å². The summed E-state index contributed by atoms with van der Waals surface area (Å²) in [7, 11) is 0. The first kappa shape index (κ1) is 33.7. The van der Waals surface area contributed by atoms with Crippen molar-refractivity contribution < 1.29 is 19.0 Å². The average molecular weight is 691 g/mol. The zero-order valence-corrected chi connectivity index (χ0v) is 28.8. The molecule has 0 bridgehead atoms. The number of carbonyl (C=O) groups excluding carboxylic acids is 1. The molecule has 0 fully saturated rings. The van der Waals surface area contributed by atoms with Gasteiger partial charge in [0.25, 0.3) is 5.56 Å². The number of allylic oxidation sites excluding steroid dienone is 1. The Kier molecular flexibility index (Phi) is 10.6. The van der Waals surface area contributed by atoms with Crippen molar-refractivity contribution in [2.24, 2.45) is 4.99 Å². The van der Waals surface area contributed by atoms with E-state index in [0.29, 0.717) is 50.2 Å². The fourth-order valence-electron chi connectivity index (χ4n) is 5.81. The molecule has 1 aliphatic rings. The van der Waals surface area contributed by atoms with Gasteiger partial charge in [0.05, 0.1) is 35.1 Å². The van der Waals surface area contributed by atoms with Crippen molar-refractivity contribution in [2.45, 2.75) is 32.9 Å². The molecule has 49 heavy (non-hydrogen) atoms. The van der Waals surface area contributed by atoms with Crippen LogP contribution in [0.5, 0.6) is 11.5 Å². The normalized spacial score (nSPS) is 14.2. The van der Waals surface area contributed by atoms with Gasteiger partial charge in [-0.3, -0.25) is 9.36 Å². The lowest BCUT2D eigenvalue weighted by atomic mass is 9.93. The van der Waals surface area contributed by atoms with Gasteiger partial charge in [-0.1, -0.05) is 108 Å². The number of aromatic nitrogens is 1. The number of nitrogens with zero attached hydrogens (tertiary/aromatic N) is 2. The maximum Gasteiger partial charge on any atom is 0.338 e. The van der Waals surface area contributed by atoms with Crippen LogP contribution in [0.15, 0.2) is 125 Å². The van der Waals surface area contributed by atoms with E-state index < -0.39 is 12.0 Å². The number of rotatable bonds is 12. The Morgan fingerprint density at radius 3 is 2.35 bits per heavy atom. The number of hydrogen-bond donors (Lipinski definition) is 0. The molecular weight excluding hydrogens is 656 g/mol. The van der Waals surface area contributed by atoms with Crippen LogP contribution < -0.4 is 24.4 Å². The fraction of sp³-hybridized carbons (Fsp3) is 0.175. The van der Waals surface area contributed by atoms with E-state index in [-0.39, 0.29) is 18.8 Å². The monoisotopic (exact) mass is 690 g/mol. The molecule has 0 saturated carbocycles. The van der Waals surface area contributed by atoms with Crippen LogP contribution in [0.3, 0.4) is 0 Å². The van der Waals surface area contributed by atoms with Crippen molar-refractivity contribution in [1.29, 1.82) is 0 Å². The van der Waals surface area contributed by atoms with E-state index in [4.69, 9.17) is 30.8 Å². The highest BCUT2D eigenvalue weighted by Crippen LogP contribution is 2.37. The quantitative estimate of drug-likeness (QED) is 0.101. The fourth-order valence-corrected chi connectivity index (χ4v) is 7.00. The molecule has 0 saturated heterocycles. The van der Waals surface area contributed by atoms with E-state index in [9.17, 15) is 9.59 Å². The van der Waals surface area contributed by atoms with Gasteiger partial charge in [0.2, 0.25) is 0 Å². The van der Waals surface area contributed by atoms with E-state index in [1.165, 1.54) is 11.3 Å². The van der Waals surface area contributed by atoms with Crippen LogP contribution in [0.1, 0.15) is 47.7 Å². The second-order valence-corrected chi connectivity index (χ2v) is 12.6. The van der Waals surface area contributed by atoms with E-state index >= 15 is 0 Å². The van der Waals surface area contributed by atoms with Crippen LogP contribution in [0.4, 0.5) is 0 Å². The minimum Gasteiger partial charge on any atom is -0.490 e. The number of esters is 1. The molecule has 0 amide bonds. The molecule has 0 aliphatic carbocycles. The molecular formula is C40H35ClN2O5S. The molecule has 7 nitrogen and oxygen atoms in total. The van der Waals surface area contributed by atoms with Crippen molar-refractivity contribution in [2.75, 3.05) is 13.2 Å². The second kappa shape index (κ2) is 15.4. The third kappa shape index (κ3) is 7.16. The topological polar surface area (TPSA) is 79.1 Å². The number of carbonyl (C=O) groups is 1. The van der Waals surface area contributed by atoms with Crippen LogP contribution in [0, 0.1) is 0 Å². The molecule has 9 heteroatoms. The van der Waals surface area contributed by atoms with Gasteiger partial charge in [0, 0.05) is 21.7 Å². The van der Waals surface area contributed by atoms with Crippen LogP contribution in [-0.2, 0) is 22.6 Å². The lowest BCUT2D eigenvalue weighted by Crippen LogP contribution is -2.40. The molecule has 5 aromatic rings. The van der Waals surface area contributed by atoms with Gasteiger partial charge < -0.3 is 14.2 Å². The van der Waals surface area contributed by atoms with Crippen LogP contribution >= 0.6 is 22.9 Å². The largest absolute Gasteiger partial charge is 0.490 e. The summed E-state index contributed by atoms with van der Waals surface area (Å²) >= 11 is 7.67. The van der Waals surface area contributed by atoms with Crippen molar-refractivity contribution in [1.82, 2.24) is 4.57 Å². The Labute approximate surface area is 293 Å². The van der Waals surface area contributed by atoms with Gasteiger partial charge >= 0.3 is 5.97 Å². The molecule has 0 radical (unpaired) electrons. The smallest absolute Gasteiger partial charge is 0.338 e. The molecule has 0 unspecified atom stereocenters. The number of ether oxygens (including phenoxy) is 3. The number of benzene rings is 4. The van der Waals surface area contributed by atoms with Crippen LogP contribution in [-0.4, -0.2) is 23.8 Å². The minimum absolute atomic E-state index is 0.184. The SMILES string of the molecule is C=CCc1cc(/C=c2/sc3n(c2=O)[C@@H](c2ccccc2)C(C(=O)OCC)=C(c2ccccc2)N=3)cc(OCC)c1OCc1ccccc1Cl. The molecule has 1 aliphatic heterocycles. The maximum absolute atomic E-state index is 14.4. The predicted molar refractivity (Wildman–Crippen MR) is 195 cm³/mol. The highest BCUT2D eigenvalue weighted by atomic mass is 35.5.